The van der Waals surface area contributed by atoms with Crippen molar-refractivity contribution in [2.24, 2.45) is 5.84 Å². The van der Waals surface area contributed by atoms with Gasteiger partial charge in [-0.25, -0.2) is 19.2 Å². The maximum absolute atomic E-state index is 12.7. The van der Waals surface area contributed by atoms with Crippen LogP contribution in [-0.4, -0.2) is 43.5 Å². The predicted molar refractivity (Wildman–Crippen MR) is 75.5 cm³/mol. The lowest BCUT2D eigenvalue weighted by Gasteiger charge is -2.31. The normalized spacial score (nSPS) is 20.8. The van der Waals surface area contributed by atoms with Crippen LogP contribution in [0.5, 0.6) is 0 Å². The Morgan fingerprint density at radius 3 is 3.10 bits per heavy atom. The molecule has 20 heavy (non-hydrogen) atoms. The molecule has 0 amide bonds. The third-order valence-electron chi connectivity index (χ3n) is 3.27. The van der Waals surface area contributed by atoms with Crippen molar-refractivity contribution < 1.29 is 13.2 Å². The summed E-state index contributed by atoms with van der Waals surface area (Å²) in [4.78, 5) is 4.04. The number of nitrogen functional groups attached to an aromatic ring is 1. The number of nitrogens with zero attached hydrogens (tertiary/aromatic N) is 2. The molecule has 0 saturated carbocycles. The maximum Gasteiger partial charge on any atom is 0.246 e. The molecule has 1 aromatic heterocycles. The first-order valence-corrected chi connectivity index (χ1v) is 8.07. The zero-order valence-electron chi connectivity index (χ0n) is 11.4. The summed E-state index contributed by atoms with van der Waals surface area (Å²) < 4.78 is 32.3. The molecule has 8 heteroatoms. The summed E-state index contributed by atoms with van der Waals surface area (Å²) in [6.07, 6.45) is 3.12. The molecule has 2 rings (SSSR count). The number of hydrogen-bond donors (Lipinski definition) is 2. The van der Waals surface area contributed by atoms with Crippen LogP contribution in [0.4, 0.5) is 5.82 Å². The number of aromatic nitrogens is 1. The van der Waals surface area contributed by atoms with Crippen LogP contribution in [0.15, 0.2) is 23.2 Å². The highest BCUT2D eigenvalue weighted by molar-refractivity contribution is 7.89. The van der Waals surface area contributed by atoms with E-state index in [2.05, 4.69) is 10.4 Å². The summed E-state index contributed by atoms with van der Waals surface area (Å²) in [6.45, 7) is 3.35. The fourth-order valence-electron chi connectivity index (χ4n) is 2.34. The number of anilines is 1. The molecule has 112 valence electrons. The van der Waals surface area contributed by atoms with Gasteiger partial charge in [0.25, 0.3) is 0 Å². The lowest BCUT2D eigenvalue weighted by molar-refractivity contribution is 0.0265. The Balaban J connectivity index is 2.25. The Morgan fingerprint density at radius 2 is 2.40 bits per heavy atom. The first-order valence-electron chi connectivity index (χ1n) is 6.63. The van der Waals surface area contributed by atoms with Crippen LogP contribution < -0.4 is 11.3 Å². The number of sulfonamides is 1. The second kappa shape index (κ2) is 6.49. The van der Waals surface area contributed by atoms with Crippen LogP contribution in [0, 0.1) is 0 Å². The van der Waals surface area contributed by atoms with Crippen LogP contribution in [-0.2, 0) is 14.8 Å². The average Bonchev–Trinajstić information content (AvgIpc) is 2.48. The van der Waals surface area contributed by atoms with Crippen LogP contribution in [0.3, 0.4) is 0 Å². The summed E-state index contributed by atoms with van der Waals surface area (Å²) in [6, 6.07) is 3.08. The van der Waals surface area contributed by atoms with E-state index in [-0.39, 0.29) is 16.8 Å². The van der Waals surface area contributed by atoms with Gasteiger partial charge < -0.3 is 10.2 Å². The van der Waals surface area contributed by atoms with E-state index in [1.165, 1.54) is 16.6 Å². The fourth-order valence-corrected chi connectivity index (χ4v) is 3.96. The third kappa shape index (κ3) is 3.09. The predicted octanol–water partition coefficient (Wildman–Crippen LogP) is 0.557. The molecule has 1 atom stereocenters. The van der Waals surface area contributed by atoms with Gasteiger partial charge in [-0.05, 0) is 31.9 Å². The smallest absolute Gasteiger partial charge is 0.246 e. The molecule has 1 fully saturated rings. The Hall–Kier alpha value is -1.22. The highest BCUT2D eigenvalue weighted by Crippen LogP contribution is 2.25. The highest BCUT2D eigenvalue weighted by Gasteiger charge is 2.32. The number of nitrogens with one attached hydrogen (secondary N) is 1. The molecule has 1 unspecified atom stereocenters. The van der Waals surface area contributed by atoms with Crippen LogP contribution in [0.25, 0.3) is 0 Å². The number of hydrazine groups is 1. The lowest BCUT2D eigenvalue weighted by Crippen LogP contribution is -2.43. The lowest BCUT2D eigenvalue weighted by atomic mass is 10.1. The standard InChI is InChI=1S/C12H20N4O3S/c1-2-19-10-5-4-8-16(9-10)20(17,18)11-6-3-7-14-12(11)15-13/h3,6-7,10H,2,4-5,8-9,13H2,1H3,(H,14,15). The molecule has 0 aliphatic carbocycles. The molecule has 0 spiro atoms. The molecule has 1 aromatic rings. The Morgan fingerprint density at radius 1 is 1.60 bits per heavy atom. The number of piperidine rings is 1. The van der Waals surface area contributed by atoms with Gasteiger partial charge >= 0.3 is 0 Å². The molecule has 1 aliphatic rings. The van der Waals surface area contributed by atoms with Gasteiger partial charge in [0.2, 0.25) is 10.0 Å². The molecule has 7 nitrogen and oxygen atoms in total. The quantitative estimate of drug-likeness (QED) is 0.609. The molecule has 0 aromatic carbocycles. The van der Waals surface area contributed by atoms with Crippen molar-refractivity contribution in [1.29, 1.82) is 0 Å². The van der Waals surface area contributed by atoms with Gasteiger partial charge in [0.1, 0.15) is 4.90 Å². The second-order valence-corrected chi connectivity index (χ2v) is 6.48. The van der Waals surface area contributed by atoms with Crippen molar-refractivity contribution in [2.45, 2.75) is 30.8 Å². The monoisotopic (exact) mass is 300 g/mol. The second-order valence-electron chi connectivity index (χ2n) is 4.58. The molecule has 0 bridgehead atoms. The summed E-state index contributed by atoms with van der Waals surface area (Å²) in [7, 11) is -3.61. The summed E-state index contributed by atoms with van der Waals surface area (Å²) in [5.74, 6) is 5.49. The van der Waals surface area contributed by atoms with Gasteiger partial charge in [-0.1, -0.05) is 0 Å². The molecular formula is C12H20N4O3S. The van der Waals surface area contributed by atoms with E-state index in [0.29, 0.717) is 19.7 Å². The molecule has 2 heterocycles. The van der Waals surface area contributed by atoms with E-state index in [1.807, 2.05) is 6.92 Å². The van der Waals surface area contributed by atoms with Crippen molar-refractivity contribution in [3.8, 4) is 0 Å². The van der Waals surface area contributed by atoms with Crippen molar-refractivity contribution in [1.82, 2.24) is 9.29 Å². The van der Waals surface area contributed by atoms with E-state index in [1.54, 1.807) is 6.07 Å². The average molecular weight is 300 g/mol. The largest absolute Gasteiger partial charge is 0.377 e. The number of pyridine rings is 1. The minimum atomic E-state index is -3.61. The van der Waals surface area contributed by atoms with Crippen molar-refractivity contribution >= 4 is 15.8 Å². The van der Waals surface area contributed by atoms with Gasteiger partial charge in [0.05, 0.1) is 6.10 Å². The van der Waals surface area contributed by atoms with Crippen molar-refractivity contribution in [2.75, 3.05) is 25.1 Å². The van der Waals surface area contributed by atoms with E-state index in [0.717, 1.165) is 12.8 Å². The highest BCUT2D eigenvalue weighted by atomic mass is 32.2. The molecule has 1 saturated heterocycles. The first-order chi connectivity index (χ1) is 9.59. The van der Waals surface area contributed by atoms with Crippen LogP contribution >= 0.6 is 0 Å². The SMILES string of the molecule is CCOC1CCCN(S(=O)(=O)c2cccnc2NN)C1. The Bertz CT molecular complexity index is 547. The van der Waals surface area contributed by atoms with Gasteiger partial charge in [-0.3, -0.25) is 0 Å². The van der Waals surface area contributed by atoms with Gasteiger partial charge in [0.15, 0.2) is 5.82 Å². The van der Waals surface area contributed by atoms with E-state index >= 15 is 0 Å². The van der Waals surface area contributed by atoms with Gasteiger partial charge in [-0.15, -0.1) is 0 Å². The molecule has 1 aliphatic heterocycles. The molecule has 3 N–H and O–H groups in total. The number of ether oxygens (including phenoxy) is 1. The van der Waals surface area contributed by atoms with E-state index in [9.17, 15) is 8.42 Å². The van der Waals surface area contributed by atoms with Crippen molar-refractivity contribution in [3.05, 3.63) is 18.3 Å². The Kier molecular flexibility index (Phi) is 4.92. The third-order valence-corrected chi connectivity index (χ3v) is 5.17. The summed E-state index contributed by atoms with van der Waals surface area (Å²) in [5, 5.41) is 0. The van der Waals surface area contributed by atoms with E-state index < -0.39 is 10.0 Å². The Labute approximate surface area is 119 Å². The fraction of sp³-hybridized carbons (Fsp3) is 0.583. The number of rotatable bonds is 5. The zero-order chi connectivity index (χ0) is 14.6. The first kappa shape index (κ1) is 15.2. The van der Waals surface area contributed by atoms with Crippen LogP contribution in [0.2, 0.25) is 0 Å². The summed E-state index contributed by atoms with van der Waals surface area (Å²) >= 11 is 0. The van der Waals surface area contributed by atoms with Crippen molar-refractivity contribution in [3.63, 3.8) is 0 Å². The number of nitrogens with two attached hydrogens (primary N) is 1. The van der Waals surface area contributed by atoms with Gasteiger partial charge in [0, 0.05) is 25.9 Å². The van der Waals surface area contributed by atoms with E-state index in [4.69, 9.17) is 10.6 Å². The topological polar surface area (TPSA) is 97.5 Å². The minimum absolute atomic E-state index is 0.0468. The van der Waals surface area contributed by atoms with Gasteiger partial charge in [-0.2, -0.15) is 4.31 Å². The van der Waals surface area contributed by atoms with Crippen LogP contribution in [0.1, 0.15) is 19.8 Å². The zero-order valence-corrected chi connectivity index (χ0v) is 12.3. The molecule has 0 radical (unpaired) electrons. The summed E-state index contributed by atoms with van der Waals surface area (Å²) in [5.41, 5.74) is 2.33. The number of hydrogen-bond acceptors (Lipinski definition) is 6. The minimum Gasteiger partial charge on any atom is -0.377 e. The molecular weight excluding hydrogens is 280 g/mol. The maximum atomic E-state index is 12.7.